The molecule has 0 aliphatic rings. The van der Waals surface area contributed by atoms with E-state index in [9.17, 15) is 13.0 Å². The van der Waals surface area contributed by atoms with Crippen LogP contribution in [0.3, 0.4) is 0 Å². The van der Waals surface area contributed by atoms with Crippen LogP contribution >= 0.6 is 0 Å². The van der Waals surface area contributed by atoms with E-state index >= 15 is 0 Å². The van der Waals surface area contributed by atoms with Gasteiger partial charge >= 0.3 is 29.6 Å². The van der Waals surface area contributed by atoms with Gasteiger partial charge in [0.15, 0.2) is 0 Å². The summed E-state index contributed by atoms with van der Waals surface area (Å²) in [5.41, 5.74) is 11.2. The number of hydrogen-bond acceptors (Lipinski definition) is 6. The topological polar surface area (TPSA) is 118 Å². The first-order valence-corrected chi connectivity index (χ1v) is 10.9. The largest absolute Gasteiger partial charge is 1.00 e. The number of rotatable bonds is 4. The summed E-state index contributed by atoms with van der Waals surface area (Å²) in [5.74, 6) is 0. The number of aryl methyl sites for hydroxylation is 2. The van der Waals surface area contributed by atoms with Crippen molar-refractivity contribution >= 4 is 38.0 Å². The van der Waals surface area contributed by atoms with Gasteiger partial charge in [0, 0.05) is 16.3 Å². The second kappa shape index (κ2) is 9.48. The first-order chi connectivity index (χ1) is 14.7. The Bertz CT molecular complexity index is 1440. The fourth-order valence-corrected chi connectivity index (χ4v) is 4.09. The molecule has 0 bridgehead atoms. The summed E-state index contributed by atoms with van der Waals surface area (Å²) < 4.78 is 33.3. The summed E-state index contributed by atoms with van der Waals surface area (Å²) in [6.45, 7) is 4.06. The molecule has 1 heterocycles. The fourth-order valence-electron chi connectivity index (χ4n) is 3.37. The van der Waals surface area contributed by atoms with Crippen LogP contribution in [0.5, 0.6) is 0 Å². The Morgan fingerprint density at radius 2 is 1.69 bits per heavy atom. The molecule has 7 nitrogen and oxygen atoms in total. The summed E-state index contributed by atoms with van der Waals surface area (Å²) in [4.78, 5) is 4.20. The molecule has 0 amide bonds. The van der Waals surface area contributed by atoms with Crippen LogP contribution in [-0.2, 0) is 10.1 Å². The molecule has 0 spiro atoms. The molecule has 3 N–H and O–H groups in total. The van der Waals surface area contributed by atoms with E-state index < -0.39 is 10.1 Å². The maximum absolute atomic E-state index is 11.8. The van der Waals surface area contributed by atoms with Gasteiger partial charge in [-0.15, -0.1) is 10.2 Å². The Hall–Kier alpha value is -2.62. The normalized spacial score (nSPS) is 11.6. The standard InChI is InChI=1S/C23H20N4O3S.Na.H/c1-14-7-8-15(2)19(11-14)20-10-9-16(13-25-20)26-27-21-12-22(31(28,29)30)17-5-3-4-6-18(17)23(21)24;;/h3-13H,24H2,1-2H3,(H,28,29,30);;/q;+1;-1. The molecule has 0 aliphatic heterocycles. The van der Waals surface area contributed by atoms with Gasteiger partial charge in [-0.1, -0.05) is 42.0 Å². The minimum atomic E-state index is -4.47. The van der Waals surface area contributed by atoms with E-state index in [-0.39, 0.29) is 47.3 Å². The minimum Gasteiger partial charge on any atom is -1.00 e. The van der Waals surface area contributed by atoms with Crippen LogP contribution in [0.1, 0.15) is 12.6 Å². The predicted octanol–water partition coefficient (Wildman–Crippen LogP) is 2.88. The molecule has 0 aliphatic carbocycles. The number of nitrogens with zero attached hydrogens (tertiary/aromatic N) is 3. The van der Waals surface area contributed by atoms with E-state index in [2.05, 4.69) is 33.4 Å². The summed E-state index contributed by atoms with van der Waals surface area (Å²) in [7, 11) is -4.47. The molecule has 0 saturated carbocycles. The molecule has 0 radical (unpaired) electrons. The molecular formula is C23H21N4NaO3S. The van der Waals surface area contributed by atoms with Crippen LogP contribution in [0, 0.1) is 13.8 Å². The van der Waals surface area contributed by atoms with E-state index in [4.69, 9.17) is 5.73 Å². The number of nitrogen functional groups attached to an aromatic ring is 1. The molecule has 0 fully saturated rings. The van der Waals surface area contributed by atoms with Gasteiger partial charge in [-0.25, -0.2) is 0 Å². The number of nitrogens with two attached hydrogens (primary N) is 1. The van der Waals surface area contributed by atoms with Gasteiger partial charge in [-0.05, 0) is 43.7 Å². The van der Waals surface area contributed by atoms with Crippen LogP contribution in [0.25, 0.3) is 22.0 Å². The van der Waals surface area contributed by atoms with Crippen molar-refractivity contribution in [2.75, 3.05) is 5.73 Å². The van der Waals surface area contributed by atoms with Gasteiger partial charge in [-0.3, -0.25) is 9.54 Å². The van der Waals surface area contributed by atoms with Crippen molar-refractivity contribution in [1.29, 1.82) is 0 Å². The van der Waals surface area contributed by atoms with Gasteiger partial charge in [0.2, 0.25) is 0 Å². The Morgan fingerprint density at radius 1 is 0.969 bits per heavy atom. The van der Waals surface area contributed by atoms with Crippen LogP contribution in [0.2, 0.25) is 0 Å². The molecule has 0 unspecified atom stereocenters. The number of azo groups is 1. The molecule has 0 saturated heterocycles. The van der Waals surface area contributed by atoms with E-state index in [0.29, 0.717) is 16.5 Å². The van der Waals surface area contributed by atoms with E-state index in [1.807, 2.05) is 19.9 Å². The number of pyridine rings is 1. The third-order valence-electron chi connectivity index (χ3n) is 4.99. The third-order valence-corrected chi connectivity index (χ3v) is 5.89. The zero-order valence-electron chi connectivity index (χ0n) is 18.9. The van der Waals surface area contributed by atoms with Crippen molar-refractivity contribution in [3.05, 3.63) is 78.0 Å². The maximum atomic E-state index is 11.8. The van der Waals surface area contributed by atoms with Crippen molar-refractivity contribution < 1.29 is 44.0 Å². The molecular weight excluding hydrogens is 435 g/mol. The van der Waals surface area contributed by atoms with Crippen LogP contribution in [0.15, 0.2) is 82.0 Å². The number of hydrogen-bond donors (Lipinski definition) is 2. The predicted molar refractivity (Wildman–Crippen MR) is 123 cm³/mol. The maximum Gasteiger partial charge on any atom is 1.00 e. The van der Waals surface area contributed by atoms with Gasteiger partial charge in [0.1, 0.15) is 16.3 Å². The van der Waals surface area contributed by atoms with Gasteiger partial charge in [0.25, 0.3) is 10.1 Å². The Morgan fingerprint density at radius 3 is 2.34 bits per heavy atom. The smallest absolute Gasteiger partial charge is 1.00 e. The molecule has 0 atom stereocenters. The second-order valence-electron chi connectivity index (χ2n) is 7.25. The first-order valence-electron chi connectivity index (χ1n) is 9.48. The Labute approximate surface area is 209 Å². The first kappa shape index (κ1) is 24.0. The third kappa shape index (κ3) is 4.90. The zero-order valence-corrected chi connectivity index (χ0v) is 20.8. The molecule has 4 rings (SSSR count). The van der Waals surface area contributed by atoms with Crippen LogP contribution in [0.4, 0.5) is 17.1 Å². The SMILES string of the molecule is Cc1ccc(C)c(-c2ccc(N=Nc3cc(S(=O)(=O)O)c4ccccc4c3N)cn2)c1.[H-].[Na+]. The molecule has 3 aromatic carbocycles. The molecule has 4 aromatic rings. The number of benzene rings is 3. The molecule has 1 aromatic heterocycles. The van der Waals surface area contributed by atoms with Crippen molar-refractivity contribution in [3.8, 4) is 11.3 Å². The van der Waals surface area contributed by atoms with Crippen molar-refractivity contribution in [2.45, 2.75) is 18.7 Å². The Balaban J connectivity index is 0.00000193. The monoisotopic (exact) mass is 456 g/mol. The van der Waals surface area contributed by atoms with Gasteiger partial charge in [-0.2, -0.15) is 8.42 Å². The summed E-state index contributed by atoms with van der Waals surface area (Å²) >= 11 is 0. The van der Waals surface area contributed by atoms with Crippen molar-refractivity contribution in [2.24, 2.45) is 10.2 Å². The minimum absolute atomic E-state index is 0. The summed E-state index contributed by atoms with van der Waals surface area (Å²) in [6, 6.07) is 17.7. The van der Waals surface area contributed by atoms with E-state index in [0.717, 1.165) is 22.4 Å². The van der Waals surface area contributed by atoms with Crippen molar-refractivity contribution in [1.82, 2.24) is 4.98 Å². The number of anilines is 1. The van der Waals surface area contributed by atoms with Gasteiger partial charge in [0.05, 0.1) is 17.6 Å². The van der Waals surface area contributed by atoms with E-state index in [1.54, 1.807) is 36.5 Å². The Kier molecular flexibility index (Phi) is 7.12. The zero-order chi connectivity index (χ0) is 22.2. The fraction of sp³-hybridized carbons (Fsp3) is 0.0870. The van der Waals surface area contributed by atoms with Crippen molar-refractivity contribution in [3.63, 3.8) is 0 Å². The average molecular weight is 457 g/mol. The molecule has 158 valence electrons. The molecule has 9 heteroatoms. The average Bonchev–Trinajstić information content (AvgIpc) is 2.75. The summed E-state index contributed by atoms with van der Waals surface area (Å²) in [6.07, 6.45) is 1.58. The van der Waals surface area contributed by atoms with Gasteiger partial charge < -0.3 is 7.16 Å². The van der Waals surface area contributed by atoms with Crippen LogP contribution in [-0.4, -0.2) is 18.0 Å². The van der Waals surface area contributed by atoms with Crippen LogP contribution < -0.4 is 35.3 Å². The summed E-state index contributed by atoms with van der Waals surface area (Å²) in [5, 5.41) is 9.05. The second-order valence-corrected chi connectivity index (χ2v) is 8.64. The number of aromatic nitrogens is 1. The quantitative estimate of drug-likeness (QED) is 0.212. The number of fused-ring (bicyclic) bond motifs is 1. The molecule has 32 heavy (non-hydrogen) atoms. The van der Waals surface area contributed by atoms with E-state index in [1.165, 1.54) is 6.07 Å².